The molecule has 2 amide bonds. The second kappa shape index (κ2) is 15.8. The van der Waals surface area contributed by atoms with Crippen molar-refractivity contribution in [2.24, 2.45) is 0 Å². The van der Waals surface area contributed by atoms with Crippen LogP contribution >= 0.6 is 0 Å². The third-order valence-corrected chi connectivity index (χ3v) is 8.09. The smallest absolute Gasteiger partial charge is 0.481 e. The highest BCUT2D eigenvalue weighted by Gasteiger charge is 2.49. The lowest BCUT2D eigenvalue weighted by Gasteiger charge is -2.38. The van der Waals surface area contributed by atoms with Crippen molar-refractivity contribution in [3.63, 3.8) is 0 Å². The number of carbonyl (C=O) groups excluding carboxylic acids is 4. The van der Waals surface area contributed by atoms with Gasteiger partial charge in [-0.05, 0) is 63.1 Å². The van der Waals surface area contributed by atoms with Crippen molar-refractivity contribution in [1.82, 2.24) is 25.1 Å². The molecule has 2 aromatic rings. The first-order valence-electron chi connectivity index (χ1n) is 15.9. The lowest BCUT2D eigenvalue weighted by atomic mass is 9.80. The molecule has 15 nitrogen and oxygen atoms in total. The van der Waals surface area contributed by atoms with Crippen LogP contribution in [0.15, 0.2) is 30.3 Å². The van der Waals surface area contributed by atoms with Crippen molar-refractivity contribution in [1.29, 1.82) is 0 Å². The third kappa shape index (κ3) is 8.78. The minimum absolute atomic E-state index is 0.0907. The molecule has 0 radical (unpaired) electrons. The molecule has 1 atom stereocenters. The second-order valence-electron chi connectivity index (χ2n) is 11.7. The minimum atomic E-state index is -1.21. The second-order valence-corrected chi connectivity index (χ2v) is 11.7. The summed E-state index contributed by atoms with van der Waals surface area (Å²) >= 11 is 0. The number of hydrogen-bond acceptors (Lipinski definition) is 11. The zero-order valence-corrected chi connectivity index (χ0v) is 27.2. The lowest BCUT2D eigenvalue weighted by molar-refractivity contribution is -0.170. The summed E-state index contributed by atoms with van der Waals surface area (Å²) < 4.78 is 17.8. The van der Waals surface area contributed by atoms with Crippen LogP contribution in [0.2, 0.25) is 0 Å². The maximum atomic E-state index is 13.6. The average molecular weight is 658 g/mol. The van der Waals surface area contributed by atoms with Crippen LogP contribution in [0.25, 0.3) is 5.69 Å². The van der Waals surface area contributed by atoms with Gasteiger partial charge in [0.15, 0.2) is 5.69 Å². The zero-order chi connectivity index (χ0) is 34.1. The van der Waals surface area contributed by atoms with Crippen molar-refractivity contribution in [2.75, 3.05) is 39.4 Å². The first-order valence-corrected chi connectivity index (χ1v) is 15.9. The van der Waals surface area contributed by atoms with E-state index in [0.29, 0.717) is 18.5 Å². The Morgan fingerprint density at radius 2 is 1.64 bits per heavy atom. The summed E-state index contributed by atoms with van der Waals surface area (Å²) in [6, 6.07) is 7.77. The van der Waals surface area contributed by atoms with E-state index in [9.17, 15) is 29.1 Å². The number of hydroxylamine groups is 2. The summed E-state index contributed by atoms with van der Waals surface area (Å²) in [5.41, 5.74) is 0.380. The van der Waals surface area contributed by atoms with E-state index in [2.05, 4.69) is 24.3 Å². The number of piperazine rings is 1. The molecule has 2 fully saturated rings. The van der Waals surface area contributed by atoms with Crippen LogP contribution < -0.4 is 10.1 Å². The molecular formula is C32H43N5O10. The van der Waals surface area contributed by atoms with Crippen LogP contribution in [0, 0.1) is 0 Å². The summed E-state index contributed by atoms with van der Waals surface area (Å²) in [6.45, 7) is 8.60. The molecule has 1 saturated heterocycles. The molecule has 15 heteroatoms. The normalized spacial score (nSPS) is 16.5. The SMILES string of the molecule is CCOC(=O)ON1CCN(C(=O)[C@H](CCC(=O)O)NC(=O)c2cc(OC3(C(=O)OCC)CCC3)n(-c3ccc(C(C)C)cc3)n2)CC1. The number of ether oxygens (including phenoxy) is 3. The standard InChI is InChI=1S/C32H43N5O10/c1-5-44-30(42)32(14-7-15-32)46-26-20-25(34-37(26)23-10-8-22(9-11-23)21(3)4)28(40)33-24(12-13-27(38)39)29(41)35-16-18-36(19-17-35)47-31(43)45-6-2/h8-11,20-21,24H,5-7,12-19H2,1-4H3,(H,33,40)(H,38,39)/t24-/m0/s1. The van der Waals surface area contributed by atoms with Crippen LogP contribution in [-0.2, 0) is 28.7 Å². The van der Waals surface area contributed by atoms with Gasteiger partial charge in [-0.3, -0.25) is 14.4 Å². The van der Waals surface area contributed by atoms with E-state index < -0.39 is 41.6 Å². The number of amides is 2. The molecule has 0 bridgehead atoms. The Labute approximate surface area is 273 Å². The highest BCUT2D eigenvalue weighted by molar-refractivity contribution is 5.96. The van der Waals surface area contributed by atoms with Crippen LogP contribution in [-0.4, -0.2) is 106 Å². The number of carboxylic acids is 1. The average Bonchev–Trinajstić information content (AvgIpc) is 3.45. The maximum Gasteiger partial charge on any atom is 0.527 e. The Morgan fingerprint density at radius 3 is 2.19 bits per heavy atom. The van der Waals surface area contributed by atoms with Gasteiger partial charge in [0.2, 0.25) is 17.4 Å². The Bertz CT molecular complexity index is 1430. The van der Waals surface area contributed by atoms with Crippen LogP contribution in [0.3, 0.4) is 0 Å². The monoisotopic (exact) mass is 657 g/mol. The molecule has 0 unspecified atom stereocenters. The molecule has 1 aliphatic heterocycles. The molecule has 2 N–H and O–H groups in total. The number of carboxylic acid groups (broad SMARTS) is 1. The maximum absolute atomic E-state index is 13.6. The zero-order valence-electron chi connectivity index (χ0n) is 27.2. The predicted octanol–water partition coefficient (Wildman–Crippen LogP) is 3.06. The molecule has 1 aromatic heterocycles. The quantitative estimate of drug-likeness (QED) is 0.284. The van der Waals surface area contributed by atoms with Crippen LogP contribution in [0.4, 0.5) is 4.79 Å². The molecule has 1 aliphatic carbocycles. The molecule has 1 saturated carbocycles. The van der Waals surface area contributed by atoms with Gasteiger partial charge in [0.25, 0.3) is 5.91 Å². The Balaban J connectivity index is 1.56. The van der Waals surface area contributed by atoms with Crippen molar-refractivity contribution in [2.45, 2.75) is 77.4 Å². The first-order chi connectivity index (χ1) is 22.5. The number of aliphatic carboxylic acids is 1. The summed E-state index contributed by atoms with van der Waals surface area (Å²) in [7, 11) is 0. The molecule has 2 aliphatic rings. The molecule has 2 heterocycles. The van der Waals surface area contributed by atoms with E-state index in [1.54, 1.807) is 13.8 Å². The topological polar surface area (TPSA) is 179 Å². The molecule has 0 spiro atoms. The molecular weight excluding hydrogens is 614 g/mol. The van der Waals surface area contributed by atoms with E-state index in [0.717, 1.165) is 12.0 Å². The fourth-order valence-electron chi connectivity index (χ4n) is 5.27. The summed E-state index contributed by atoms with van der Waals surface area (Å²) in [5.74, 6) is -2.39. The molecule has 256 valence electrons. The van der Waals surface area contributed by atoms with E-state index >= 15 is 0 Å². The third-order valence-electron chi connectivity index (χ3n) is 8.09. The van der Waals surface area contributed by atoms with E-state index in [-0.39, 0.29) is 69.7 Å². The highest BCUT2D eigenvalue weighted by Crippen LogP contribution is 2.39. The number of hydrogen-bond donors (Lipinski definition) is 2. The van der Waals surface area contributed by atoms with Gasteiger partial charge in [-0.2, -0.15) is 5.10 Å². The van der Waals surface area contributed by atoms with Gasteiger partial charge >= 0.3 is 18.1 Å². The summed E-state index contributed by atoms with van der Waals surface area (Å²) in [4.78, 5) is 69.7. The van der Waals surface area contributed by atoms with Gasteiger partial charge in [0.05, 0.1) is 32.0 Å². The number of rotatable bonds is 14. The summed E-state index contributed by atoms with van der Waals surface area (Å²) in [6.07, 6.45) is 0.272. The van der Waals surface area contributed by atoms with Gasteiger partial charge in [-0.25, -0.2) is 14.3 Å². The fourth-order valence-corrected chi connectivity index (χ4v) is 5.27. The lowest BCUT2D eigenvalue weighted by Crippen LogP contribution is -2.55. The Hall–Kier alpha value is -4.66. The number of benzene rings is 1. The highest BCUT2D eigenvalue weighted by atomic mass is 16.8. The minimum Gasteiger partial charge on any atom is -0.481 e. The molecule has 1 aromatic carbocycles. The van der Waals surface area contributed by atoms with E-state index in [1.807, 2.05) is 24.3 Å². The van der Waals surface area contributed by atoms with E-state index in [1.165, 1.54) is 20.7 Å². The Morgan fingerprint density at radius 1 is 0.979 bits per heavy atom. The largest absolute Gasteiger partial charge is 0.527 e. The van der Waals surface area contributed by atoms with Crippen LogP contribution in [0.1, 0.15) is 81.8 Å². The fraction of sp³-hybridized carbons (Fsp3) is 0.562. The number of nitrogens with one attached hydrogen (secondary N) is 1. The van der Waals surface area contributed by atoms with Gasteiger partial charge in [0, 0.05) is 25.6 Å². The van der Waals surface area contributed by atoms with Crippen LogP contribution in [0.5, 0.6) is 5.88 Å². The summed E-state index contributed by atoms with van der Waals surface area (Å²) in [5, 5.41) is 17.9. The van der Waals surface area contributed by atoms with Gasteiger partial charge in [-0.15, -0.1) is 5.06 Å². The molecule has 4 rings (SSSR count). The van der Waals surface area contributed by atoms with Crippen molar-refractivity contribution >= 4 is 29.9 Å². The number of aromatic nitrogens is 2. The number of nitrogens with zero attached hydrogens (tertiary/aromatic N) is 4. The van der Waals surface area contributed by atoms with Gasteiger partial charge in [-0.1, -0.05) is 26.0 Å². The van der Waals surface area contributed by atoms with E-state index in [4.69, 9.17) is 19.0 Å². The number of esters is 1. The van der Waals surface area contributed by atoms with Crippen molar-refractivity contribution < 1.29 is 48.1 Å². The molecule has 47 heavy (non-hydrogen) atoms. The number of carbonyl (C=O) groups is 5. The van der Waals surface area contributed by atoms with Gasteiger partial charge in [0.1, 0.15) is 6.04 Å². The van der Waals surface area contributed by atoms with Gasteiger partial charge < -0.3 is 34.4 Å². The first kappa shape index (κ1) is 35.2. The Kier molecular flexibility index (Phi) is 11.8. The van der Waals surface area contributed by atoms with Crippen molar-refractivity contribution in [3.05, 3.63) is 41.6 Å². The predicted molar refractivity (Wildman–Crippen MR) is 166 cm³/mol. The van der Waals surface area contributed by atoms with Crippen molar-refractivity contribution in [3.8, 4) is 11.6 Å².